The summed E-state index contributed by atoms with van der Waals surface area (Å²) in [7, 11) is 0. The first-order chi connectivity index (χ1) is 15.9. The van der Waals surface area contributed by atoms with Crippen molar-refractivity contribution in [1.82, 2.24) is 0 Å². The molecule has 4 heteroatoms. The fraction of sp³-hybridized carbons (Fsp3) is 0.700. The third-order valence-corrected chi connectivity index (χ3v) is 7.88. The summed E-state index contributed by atoms with van der Waals surface area (Å²) in [5.74, 6) is 0.0973. The summed E-state index contributed by atoms with van der Waals surface area (Å²) in [6, 6.07) is 0. The first-order valence-electron chi connectivity index (χ1n) is 13.0. The van der Waals surface area contributed by atoms with Crippen LogP contribution in [0.4, 0.5) is 0 Å². The van der Waals surface area contributed by atoms with E-state index in [1.165, 1.54) is 11.1 Å². The van der Waals surface area contributed by atoms with Crippen LogP contribution in [-0.2, 0) is 4.79 Å². The van der Waals surface area contributed by atoms with E-state index in [0.29, 0.717) is 19.3 Å². The van der Waals surface area contributed by atoms with Gasteiger partial charge in [-0.15, -0.1) is 0 Å². The Morgan fingerprint density at radius 3 is 2.32 bits per heavy atom. The largest absolute Gasteiger partial charge is 0.396 e. The average molecular weight is 475 g/mol. The Bertz CT molecular complexity index is 780. The fourth-order valence-electron chi connectivity index (χ4n) is 5.50. The third kappa shape index (κ3) is 8.94. The van der Waals surface area contributed by atoms with Crippen LogP contribution in [0.5, 0.6) is 0 Å². The minimum absolute atomic E-state index is 0.0973. The molecule has 0 aromatic carbocycles. The van der Waals surface area contributed by atoms with E-state index in [-0.39, 0.29) is 17.9 Å². The number of hydrogen-bond acceptors (Lipinski definition) is 4. The molecule has 0 saturated heterocycles. The molecule has 194 valence electrons. The van der Waals surface area contributed by atoms with Gasteiger partial charge in [0.25, 0.3) is 0 Å². The molecule has 1 aliphatic rings. The molecule has 0 aromatic rings. The van der Waals surface area contributed by atoms with Gasteiger partial charge in [-0.25, -0.2) is 0 Å². The van der Waals surface area contributed by atoms with Crippen molar-refractivity contribution in [2.24, 2.45) is 11.3 Å². The number of carbonyl (C=O) groups is 1. The van der Waals surface area contributed by atoms with Gasteiger partial charge in [-0.2, -0.15) is 0 Å². The molecule has 0 heterocycles. The zero-order chi connectivity index (χ0) is 25.9. The molecule has 1 aliphatic carbocycles. The highest BCUT2D eigenvalue weighted by atomic mass is 16.3. The molecular formula is C30H50O4. The van der Waals surface area contributed by atoms with E-state index in [9.17, 15) is 20.1 Å². The highest BCUT2D eigenvalue weighted by Gasteiger charge is 2.51. The molecule has 4 unspecified atom stereocenters. The fourth-order valence-corrected chi connectivity index (χ4v) is 5.50. The minimum atomic E-state index is -0.812. The maximum atomic E-state index is 11.6. The molecule has 4 atom stereocenters. The van der Waals surface area contributed by atoms with Crippen LogP contribution in [0.1, 0.15) is 106 Å². The Labute approximate surface area is 208 Å². The van der Waals surface area contributed by atoms with E-state index in [2.05, 4.69) is 32.9 Å². The van der Waals surface area contributed by atoms with Crippen molar-refractivity contribution in [2.45, 2.75) is 118 Å². The summed E-state index contributed by atoms with van der Waals surface area (Å²) in [6.07, 6.45) is 14.1. The molecule has 0 aliphatic heterocycles. The minimum Gasteiger partial charge on any atom is -0.396 e. The van der Waals surface area contributed by atoms with Gasteiger partial charge in [0.15, 0.2) is 0 Å². The van der Waals surface area contributed by atoms with Crippen molar-refractivity contribution in [3.8, 4) is 0 Å². The molecule has 0 aromatic heterocycles. The van der Waals surface area contributed by atoms with Crippen LogP contribution in [0.3, 0.4) is 0 Å². The lowest BCUT2D eigenvalue weighted by atomic mass is 9.54. The highest BCUT2D eigenvalue weighted by Crippen LogP contribution is 2.55. The van der Waals surface area contributed by atoms with Gasteiger partial charge in [-0.1, -0.05) is 47.4 Å². The standard InChI is InChI=1S/C30H50O4/c1-22(2)19-26(33)20-24(4)12-8-11-23(3)13-9-16-29(6)28(14-10-18-31)27(25(5)21-32)15-17-30(29,7)34/h12-13,19,21,26,28,31,33-34H,8-11,14-18,20H2,1-7H3. The van der Waals surface area contributed by atoms with E-state index in [0.717, 1.165) is 61.5 Å². The number of hydrogen-bond donors (Lipinski definition) is 3. The Hall–Kier alpha value is -1.49. The van der Waals surface area contributed by atoms with Crippen LogP contribution in [0.2, 0.25) is 0 Å². The topological polar surface area (TPSA) is 77.8 Å². The van der Waals surface area contributed by atoms with Crippen molar-refractivity contribution >= 4 is 6.29 Å². The number of allylic oxidation sites excluding steroid dienone is 6. The molecule has 0 bridgehead atoms. The maximum Gasteiger partial charge on any atom is 0.145 e. The average Bonchev–Trinajstić information content (AvgIpc) is 2.73. The lowest BCUT2D eigenvalue weighted by Gasteiger charge is -2.53. The SMILES string of the molecule is CC(C)=CC(O)CC(C)=CCCC(C)=CCCC1(C)C(CCCO)C(=C(C)C=O)CCC1(C)O. The van der Waals surface area contributed by atoms with E-state index in [1.807, 2.05) is 33.8 Å². The quantitative estimate of drug-likeness (QED) is 0.159. The Morgan fingerprint density at radius 2 is 1.74 bits per heavy atom. The molecule has 0 spiro atoms. The zero-order valence-electron chi connectivity index (χ0n) is 22.8. The Kier molecular flexibility index (Phi) is 12.7. The predicted molar refractivity (Wildman–Crippen MR) is 143 cm³/mol. The Morgan fingerprint density at radius 1 is 1.09 bits per heavy atom. The lowest BCUT2D eigenvalue weighted by molar-refractivity contribution is -0.115. The van der Waals surface area contributed by atoms with E-state index in [4.69, 9.17) is 0 Å². The molecule has 34 heavy (non-hydrogen) atoms. The number of carbonyl (C=O) groups excluding carboxylic acids is 1. The number of rotatable bonds is 13. The summed E-state index contributed by atoms with van der Waals surface area (Å²) in [5.41, 5.74) is 4.46. The molecule has 4 nitrogen and oxygen atoms in total. The van der Waals surface area contributed by atoms with Crippen LogP contribution in [0.15, 0.2) is 46.1 Å². The smallest absolute Gasteiger partial charge is 0.145 e. The van der Waals surface area contributed by atoms with Crippen LogP contribution in [-0.4, -0.2) is 39.9 Å². The molecule has 1 saturated carbocycles. The summed E-state index contributed by atoms with van der Waals surface area (Å²) < 4.78 is 0. The molecule has 0 amide bonds. The van der Waals surface area contributed by atoms with Gasteiger partial charge < -0.3 is 15.3 Å². The van der Waals surface area contributed by atoms with Gasteiger partial charge in [0, 0.05) is 12.0 Å². The molecule has 3 N–H and O–H groups in total. The van der Waals surface area contributed by atoms with Crippen LogP contribution >= 0.6 is 0 Å². The molecular weight excluding hydrogens is 424 g/mol. The van der Waals surface area contributed by atoms with E-state index in [1.54, 1.807) is 0 Å². The summed E-state index contributed by atoms with van der Waals surface area (Å²) >= 11 is 0. The van der Waals surface area contributed by atoms with E-state index >= 15 is 0 Å². The van der Waals surface area contributed by atoms with Crippen LogP contribution < -0.4 is 0 Å². The summed E-state index contributed by atoms with van der Waals surface area (Å²) in [5, 5.41) is 30.9. The van der Waals surface area contributed by atoms with Crippen LogP contribution in [0, 0.1) is 11.3 Å². The first kappa shape index (κ1) is 30.5. The molecule has 0 radical (unpaired) electrons. The number of aldehydes is 1. The summed E-state index contributed by atoms with van der Waals surface area (Å²) in [6.45, 7) is 14.4. The highest BCUT2D eigenvalue weighted by molar-refractivity contribution is 5.74. The molecule has 1 rings (SSSR count). The monoisotopic (exact) mass is 474 g/mol. The van der Waals surface area contributed by atoms with Crippen molar-refractivity contribution in [3.63, 3.8) is 0 Å². The van der Waals surface area contributed by atoms with Gasteiger partial charge in [0.05, 0.1) is 11.7 Å². The van der Waals surface area contributed by atoms with Crippen molar-refractivity contribution in [3.05, 3.63) is 46.1 Å². The third-order valence-electron chi connectivity index (χ3n) is 7.88. The predicted octanol–water partition coefficient (Wildman–Crippen LogP) is 6.61. The second kappa shape index (κ2) is 14.2. The van der Waals surface area contributed by atoms with Gasteiger partial charge in [0.2, 0.25) is 0 Å². The van der Waals surface area contributed by atoms with Gasteiger partial charge in [-0.05, 0) is 111 Å². The molecule has 1 fully saturated rings. The van der Waals surface area contributed by atoms with Crippen molar-refractivity contribution in [2.75, 3.05) is 6.61 Å². The van der Waals surface area contributed by atoms with Gasteiger partial charge >= 0.3 is 0 Å². The maximum absolute atomic E-state index is 11.6. The lowest BCUT2D eigenvalue weighted by Crippen LogP contribution is -2.52. The second-order valence-electron chi connectivity index (χ2n) is 11.1. The van der Waals surface area contributed by atoms with Crippen LogP contribution in [0.25, 0.3) is 0 Å². The van der Waals surface area contributed by atoms with Crippen molar-refractivity contribution < 1.29 is 20.1 Å². The Balaban J connectivity index is 2.85. The number of aliphatic hydroxyl groups is 3. The van der Waals surface area contributed by atoms with Gasteiger partial charge in [-0.3, -0.25) is 4.79 Å². The van der Waals surface area contributed by atoms with Gasteiger partial charge in [0.1, 0.15) is 6.29 Å². The zero-order valence-corrected chi connectivity index (χ0v) is 22.8. The van der Waals surface area contributed by atoms with E-state index < -0.39 is 11.7 Å². The first-order valence-corrected chi connectivity index (χ1v) is 13.0. The summed E-state index contributed by atoms with van der Waals surface area (Å²) in [4.78, 5) is 11.6. The van der Waals surface area contributed by atoms with Crippen molar-refractivity contribution in [1.29, 1.82) is 0 Å². The normalized spacial score (nSPS) is 28.5. The second-order valence-corrected chi connectivity index (χ2v) is 11.1. The number of aliphatic hydroxyl groups excluding tert-OH is 2.